The van der Waals surface area contributed by atoms with Crippen LogP contribution in [0.25, 0.3) is 0 Å². The quantitative estimate of drug-likeness (QED) is 0.693. The van der Waals surface area contributed by atoms with Crippen molar-refractivity contribution >= 4 is 6.16 Å². The minimum Gasteiger partial charge on any atom is -0.435 e. The second-order valence-corrected chi connectivity index (χ2v) is 4.73. The highest BCUT2D eigenvalue weighted by Gasteiger charge is 2.24. The standard InChI is InChI=1S/C12H24N2O4/c1-3-17-12(16)18-10-4-6-14(7-5-10)8-11(15)9(2)13/h9-11,15H,3-8,13H2,1-2H3. The molecule has 1 rings (SSSR count). The van der Waals surface area contributed by atoms with Crippen LogP contribution in [-0.4, -0.2) is 60.7 Å². The number of rotatable bonds is 5. The van der Waals surface area contributed by atoms with Crippen LogP contribution in [0.2, 0.25) is 0 Å². The maximum atomic E-state index is 11.1. The van der Waals surface area contributed by atoms with E-state index in [1.165, 1.54) is 0 Å². The molecular formula is C12H24N2O4. The SMILES string of the molecule is CCOC(=O)OC1CCN(CC(O)C(C)N)CC1. The summed E-state index contributed by atoms with van der Waals surface area (Å²) in [5.41, 5.74) is 5.62. The molecule has 2 unspecified atom stereocenters. The zero-order valence-electron chi connectivity index (χ0n) is 11.2. The Labute approximate surface area is 108 Å². The van der Waals surface area contributed by atoms with E-state index in [2.05, 4.69) is 4.90 Å². The molecule has 6 nitrogen and oxygen atoms in total. The van der Waals surface area contributed by atoms with Crippen LogP contribution < -0.4 is 5.73 Å². The third kappa shape index (κ3) is 5.20. The molecule has 1 heterocycles. The van der Waals surface area contributed by atoms with Gasteiger partial charge >= 0.3 is 6.16 Å². The van der Waals surface area contributed by atoms with E-state index >= 15 is 0 Å². The average Bonchev–Trinajstić information content (AvgIpc) is 2.31. The summed E-state index contributed by atoms with van der Waals surface area (Å²) in [4.78, 5) is 13.3. The number of aliphatic hydroxyl groups is 1. The van der Waals surface area contributed by atoms with Crippen LogP contribution in [0.5, 0.6) is 0 Å². The van der Waals surface area contributed by atoms with Gasteiger partial charge < -0.3 is 25.2 Å². The van der Waals surface area contributed by atoms with E-state index in [0.717, 1.165) is 25.9 Å². The summed E-state index contributed by atoms with van der Waals surface area (Å²) in [6.07, 6.45) is 0.362. The Hall–Kier alpha value is -0.850. The molecule has 0 aromatic heterocycles. The molecule has 1 saturated heterocycles. The number of carbonyl (C=O) groups excluding carboxylic acids is 1. The molecule has 0 amide bonds. The van der Waals surface area contributed by atoms with Crippen molar-refractivity contribution in [3.8, 4) is 0 Å². The van der Waals surface area contributed by atoms with Crippen LogP contribution in [0.15, 0.2) is 0 Å². The number of piperidine rings is 1. The highest BCUT2D eigenvalue weighted by molar-refractivity contribution is 5.60. The fourth-order valence-electron chi connectivity index (χ4n) is 1.93. The summed E-state index contributed by atoms with van der Waals surface area (Å²) in [5.74, 6) is 0. The van der Waals surface area contributed by atoms with Crippen LogP contribution in [0, 0.1) is 0 Å². The van der Waals surface area contributed by atoms with E-state index in [-0.39, 0.29) is 12.1 Å². The summed E-state index contributed by atoms with van der Waals surface area (Å²) >= 11 is 0. The number of likely N-dealkylation sites (tertiary alicyclic amines) is 1. The van der Waals surface area contributed by atoms with Gasteiger partial charge in [-0.2, -0.15) is 0 Å². The first-order chi connectivity index (χ1) is 8.52. The molecular weight excluding hydrogens is 236 g/mol. The Morgan fingerprint density at radius 2 is 2.11 bits per heavy atom. The number of hydrogen-bond acceptors (Lipinski definition) is 6. The number of β-amino-alcohol motifs (C(OH)–C–C–N with tert-alkyl or cyclic N) is 1. The van der Waals surface area contributed by atoms with Crippen LogP contribution in [-0.2, 0) is 9.47 Å². The molecule has 0 saturated carbocycles. The zero-order chi connectivity index (χ0) is 13.5. The molecule has 0 spiro atoms. The van der Waals surface area contributed by atoms with Crippen molar-refractivity contribution in [2.24, 2.45) is 5.73 Å². The summed E-state index contributed by atoms with van der Waals surface area (Å²) in [7, 11) is 0. The average molecular weight is 260 g/mol. The molecule has 1 fully saturated rings. The highest BCUT2D eigenvalue weighted by Crippen LogP contribution is 2.15. The largest absolute Gasteiger partial charge is 0.508 e. The topological polar surface area (TPSA) is 85.0 Å². The normalized spacial score (nSPS) is 21.3. The van der Waals surface area contributed by atoms with Crippen molar-refractivity contribution in [3.63, 3.8) is 0 Å². The fraction of sp³-hybridized carbons (Fsp3) is 0.917. The minimum absolute atomic E-state index is 0.0762. The van der Waals surface area contributed by atoms with E-state index < -0.39 is 12.3 Å². The van der Waals surface area contributed by atoms with E-state index in [4.69, 9.17) is 15.2 Å². The van der Waals surface area contributed by atoms with Crippen molar-refractivity contribution in [2.45, 2.75) is 44.9 Å². The molecule has 1 aliphatic rings. The van der Waals surface area contributed by atoms with Crippen LogP contribution in [0.1, 0.15) is 26.7 Å². The third-order valence-electron chi connectivity index (χ3n) is 3.11. The number of nitrogens with two attached hydrogens (primary N) is 1. The van der Waals surface area contributed by atoms with Crippen molar-refractivity contribution in [2.75, 3.05) is 26.2 Å². The zero-order valence-corrected chi connectivity index (χ0v) is 11.2. The second kappa shape index (κ2) is 7.56. The lowest BCUT2D eigenvalue weighted by Crippen LogP contribution is -2.46. The lowest BCUT2D eigenvalue weighted by atomic mass is 10.1. The lowest BCUT2D eigenvalue weighted by Gasteiger charge is -2.33. The van der Waals surface area contributed by atoms with Gasteiger partial charge in [0.2, 0.25) is 0 Å². The maximum absolute atomic E-state index is 11.1. The summed E-state index contributed by atoms with van der Waals surface area (Å²) in [6, 6.07) is -0.224. The second-order valence-electron chi connectivity index (χ2n) is 4.73. The van der Waals surface area contributed by atoms with E-state index in [0.29, 0.717) is 13.2 Å². The van der Waals surface area contributed by atoms with Gasteiger partial charge in [0.25, 0.3) is 0 Å². The molecule has 6 heteroatoms. The lowest BCUT2D eigenvalue weighted by molar-refractivity contribution is -0.00541. The maximum Gasteiger partial charge on any atom is 0.508 e. The first-order valence-corrected chi connectivity index (χ1v) is 6.52. The monoisotopic (exact) mass is 260 g/mol. The Balaban J connectivity index is 2.22. The first kappa shape index (κ1) is 15.2. The third-order valence-corrected chi connectivity index (χ3v) is 3.11. The van der Waals surface area contributed by atoms with E-state index in [1.54, 1.807) is 13.8 Å². The van der Waals surface area contributed by atoms with Gasteiger partial charge in [-0.05, 0) is 26.7 Å². The molecule has 3 N–H and O–H groups in total. The van der Waals surface area contributed by atoms with Gasteiger partial charge in [0.1, 0.15) is 6.10 Å². The van der Waals surface area contributed by atoms with Crippen LogP contribution >= 0.6 is 0 Å². The molecule has 0 aromatic carbocycles. The Morgan fingerprint density at radius 1 is 1.50 bits per heavy atom. The van der Waals surface area contributed by atoms with Crippen molar-refractivity contribution < 1.29 is 19.4 Å². The Kier molecular flexibility index (Phi) is 6.38. The van der Waals surface area contributed by atoms with Crippen molar-refractivity contribution in [1.82, 2.24) is 4.90 Å². The molecule has 0 radical (unpaired) electrons. The molecule has 2 atom stereocenters. The molecule has 106 valence electrons. The number of aliphatic hydroxyl groups excluding tert-OH is 1. The Bertz CT molecular complexity index is 252. The van der Waals surface area contributed by atoms with Gasteiger partial charge in [-0.25, -0.2) is 4.79 Å². The predicted octanol–water partition coefficient (Wildman–Crippen LogP) is 0.332. The summed E-state index contributed by atoms with van der Waals surface area (Å²) < 4.78 is 9.89. The number of ether oxygens (including phenoxy) is 2. The van der Waals surface area contributed by atoms with Gasteiger partial charge in [-0.15, -0.1) is 0 Å². The van der Waals surface area contributed by atoms with Crippen molar-refractivity contribution in [1.29, 1.82) is 0 Å². The summed E-state index contributed by atoms with van der Waals surface area (Å²) in [5, 5.41) is 9.69. The van der Waals surface area contributed by atoms with Crippen LogP contribution in [0.3, 0.4) is 0 Å². The molecule has 0 bridgehead atoms. The number of hydrogen-bond donors (Lipinski definition) is 2. The number of carbonyl (C=O) groups is 1. The smallest absolute Gasteiger partial charge is 0.435 e. The first-order valence-electron chi connectivity index (χ1n) is 6.52. The molecule has 1 aliphatic heterocycles. The van der Waals surface area contributed by atoms with Gasteiger partial charge in [-0.3, -0.25) is 0 Å². The van der Waals surface area contributed by atoms with Gasteiger partial charge in [0.05, 0.1) is 12.7 Å². The van der Waals surface area contributed by atoms with Crippen molar-refractivity contribution in [3.05, 3.63) is 0 Å². The van der Waals surface area contributed by atoms with Gasteiger partial charge in [0, 0.05) is 25.7 Å². The minimum atomic E-state index is -0.591. The summed E-state index contributed by atoms with van der Waals surface area (Å²) in [6.45, 7) is 6.05. The van der Waals surface area contributed by atoms with Gasteiger partial charge in [0.15, 0.2) is 0 Å². The van der Waals surface area contributed by atoms with E-state index in [9.17, 15) is 9.90 Å². The molecule has 0 aromatic rings. The van der Waals surface area contributed by atoms with Gasteiger partial charge in [-0.1, -0.05) is 0 Å². The van der Waals surface area contributed by atoms with Crippen LogP contribution in [0.4, 0.5) is 4.79 Å². The molecule has 18 heavy (non-hydrogen) atoms. The fourth-order valence-corrected chi connectivity index (χ4v) is 1.93. The van der Waals surface area contributed by atoms with E-state index in [1.807, 2.05) is 0 Å². The molecule has 0 aliphatic carbocycles. The highest BCUT2D eigenvalue weighted by atomic mass is 16.7. The predicted molar refractivity (Wildman–Crippen MR) is 67.2 cm³/mol. The Morgan fingerprint density at radius 3 is 2.61 bits per heavy atom. The number of nitrogens with zero attached hydrogens (tertiary/aromatic N) is 1.